The molecule has 1 aliphatic rings. The van der Waals surface area contributed by atoms with Crippen LogP contribution in [0.3, 0.4) is 0 Å². The number of H-pyrrole nitrogens is 1. The number of alkyl halides is 3. The van der Waals surface area contributed by atoms with Crippen LogP contribution < -0.4 is 10.6 Å². The summed E-state index contributed by atoms with van der Waals surface area (Å²) in [5, 5.41) is 5.92. The Morgan fingerprint density at radius 2 is 2.00 bits per heavy atom. The van der Waals surface area contributed by atoms with E-state index >= 15 is 0 Å². The SMILES string of the molecule is C=C1CCc2cc(Nc3nc(NCC(F)(F)F)c4cc[nH]c4n3)ccc21. The summed E-state index contributed by atoms with van der Waals surface area (Å²) in [4.78, 5) is 11.4. The van der Waals surface area contributed by atoms with Crippen molar-refractivity contribution >= 4 is 34.1 Å². The molecule has 1 aliphatic carbocycles. The summed E-state index contributed by atoms with van der Waals surface area (Å²) in [6.07, 6.45) is -0.847. The van der Waals surface area contributed by atoms with Crippen LogP contribution in [0.2, 0.25) is 0 Å². The van der Waals surface area contributed by atoms with Crippen molar-refractivity contribution in [3.05, 3.63) is 48.2 Å². The highest BCUT2D eigenvalue weighted by Gasteiger charge is 2.27. The zero-order valence-corrected chi connectivity index (χ0v) is 13.7. The van der Waals surface area contributed by atoms with Gasteiger partial charge in [-0.25, -0.2) is 0 Å². The van der Waals surface area contributed by atoms with Crippen LogP contribution >= 0.6 is 0 Å². The van der Waals surface area contributed by atoms with Crippen LogP contribution in [0.4, 0.5) is 30.6 Å². The van der Waals surface area contributed by atoms with E-state index in [2.05, 4.69) is 32.2 Å². The molecular weight excluding hydrogens is 343 g/mol. The van der Waals surface area contributed by atoms with E-state index in [4.69, 9.17) is 0 Å². The first-order valence-corrected chi connectivity index (χ1v) is 8.13. The number of allylic oxidation sites excluding steroid dienone is 1. The number of hydrogen-bond acceptors (Lipinski definition) is 4. The van der Waals surface area contributed by atoms with Gasteiger partial charge in [-0.15, -0.1) is 0 Å². The molecule has 2 heterocycles. The van der Waals surface area contributed by atoms with Crippen molar-refractivity contribution in [3.63, 3.8) is 0 Å². The van der Waals surface area contributed by atoms with Gasteiger partial charge in [-0.1, -0.05) is 12.6 Å². The Labute approximate surface area is 147 Å². The first-order chi connectivity index (χ1) is 12.4. The molecule has 2 aromatic heterocycles. The molecule has 0 spiro atoms. The van der Waals surface area contributed by atoms with Crippen molar-refractivity contribution in [2.75, 3.05) is 17.2 Å². The summed E-state index contributed by atoms with van der Waals surface area (Å²) in [7, 11) is 0. The third kappa shape index (κ3) is 3.22. The second kappa shape index (κ2) is 6.05. The molecule has 26 heavy (non-hydrogen) atoms. The number of benzene rings is 1. The minimum atomic E-state index is -4.33. The Morgan fingerprint density at radius 1 is 1.15 bits per heavy atom. The summed E-state index contributed by atoms with van der Waals surface area (Å²) in [6, 6.07) is 7.51. The van der Waals surface area contributed by atoms with Crippen LogP contribution in [0.5, 0.6) is 0 Å². The number of aryl methyl sites for hydroxylation is 1. The maximum Gasteiger partial charge on any atom is 0.405 e. The van der Waals surface area contributed by atoms with Gasteiger partial charge >= 0.3 is 6.18 Å². The van der Waals surface area contributed by atoms with E-state index in [1.165, 1.54) is 5.56 Å². The molecular formula is C18H16F3N5. The molecule has 0 amide bonds. The van der Waals surface area contributed by atoms with Crippen molar-refractivity contribution < 1.29 is 13.2 Å². The van der Waals surface area contributed by atoms with Crippen molar-refractivity contribution in [2.24, 2.45) is 0 Å². The van der Waals surface area contributed by atoms with Crippen LogP contribution in [0.25, 0.3) is 16.6 Å². The van der Waals surface area contributed by atoms with Crippen LogP contribution in [0.15, 0.2) is 37.0 Å². The van der Waals surface area contributed by atoms with Gasteiger partial charge in [0.1, 0.15) is 18.0 Å². The van der Waals surface area contributed by atoms with Crippen LogP contribution in [0.1, 0.15) is 17.5 Å². The molecule has 5 nitrogen and oxygen atoms in total. The monoisotopic (exact) mass is 359 g/mol. The van der Waals surface area contributed by atoms with Gasteiger partial charge in [0.2, 0.25) is 5.95 Å². The molecule has 0 bridgehead atoms. The Morgan fingerprint density at radius 3 is 2.81 bits per heavy atom. The first kappa shape index (κ1) is 16.4. The quantitative estimate of drug-likeness (QED) is 0.635. The van der Waals surface area contributed by atoms with Gasteiger partial charge in [0.05, 0.1) is 5.39 Å². The summed E-state index contributed by atoms with van der Waals surface area (Å²) >= 11 is 0. The molecule has 0 radical (unpaired) electrons. The van der Waals surface area contributed by atoms with Gasteiger partial charge in [-0.3, -0.25) is 0 Å². The molecule has 3 N–H and O–H groups in total. The smallest absolute Gasteiger partial charge is 0.360 e. The van der Waals surface area contributed by atoms with Gasteiger partial charge in [0.15, 0.2) is 0 Å². The molecule has 3 aromatic rings. The van der Waals surface area contributed by atoms with E-state index in [9.17, 15) is 13.2 Å². The highest BCUT2D eigenvalue weighted by atomic mass is 19.4. The lowest BCUT2D eigenvalue weighted by Gasteiger charge is -2.12. The highest BCUT2D eigenvalue weighted by molar-refractivity contribution is 5.88. The summed E-state index contributed by atoms with van der Waals surface area (Å²) in [5.41, 5.74) is 4.71. The number of nitrogens with one attached hydrogen (secondary N) is 3. The molecule has 134 valence electrons. The van der Waals surface area contributed by atoms with E-state index in [-0.39, 0.29) is 11.8 Å². The topological polar surface area (TPSA) is 65.6 Å². The van der Waals surface area contributed by atoms with Gasteiger partial charge < -0.3 is 15.6 Å². The maximum atomic E-state index is 12.5. The predicted molar refractivity (Wildman–Crippen MR) is 95.5 cm³/mol. The maximum absolute atomic E-state index is 12.5. The zero-order chi connectivity index (χ0) is 18.3. The second-order valence-corrected chi connectivity index (χ2v) is 6.20. The lowest BCUT2D eigenvalue weighted by atomic mass is 10.1. The predicted octanol–water partition coefficient (Wildman–Crippen LogP) is 4.64. The van der Waals surface area contributed by atoms with E-state index in [0.717, 1.165) is 29.7 Å². The Hall–Kier alpha value is -3.03. The first-order valence-electron chi connectivity index (χ1n) is 8.13. The summed E-state index contributed by atoms with van der Waals surface area (Å²) in [6.45, 7) is 2.88. The molecule has 0 atom stereocenters. The van der Waals surface area contributed by atoms with Crippen molar-refractivity contribution in [2.45, 2.75) is 19.0 Å². The minimum absolute atomic E-state index is 0.130. The Balaban J connectivity index is 1.63. The van der Waals surface area contributed by atoms with E-state index in [0.29, 0.717) is 11.0 Å². The molecule has 4 rings (SSSR count). The molecule has 0 saturated carbocycles. The van der Waals surface area contributed by atoms with Gasteiger partial charge in [0, 0.05) is 11.9 Å². The molecule has 0 saturated heterocycles. The average molecular weight is 359 g/mol. The Kier molecular flexibility index (Phi) is 3.82. The van der Waals surface area contributed by atoms with Crippen LogP contribution in [-0.4, -0.2) is 27.7 Å². The number of aromatic nitrogens is 3. The lowest BCUT2D eigenvalue weighted by Crippen LogP contribution is -2.22. The van der Waals surface area contributed by atoms with Crippen LogP contribution in [-0.2, 0) is 6.42 Å². The van der Waals surface area contributed by atoms with Gasteiger partial charge in [-0.2, -0.15) is 23.1 Å². The number of nitrogens with zero attached hydrogens (tertiary/aromatic N) is 2. The van der Waals surface area contributed by atoms with Crippen molar-refractivity contribution in [3.8, 4) is 0 Å². The van der Waals surface area contributed by atoms with Gasteiger partial charge in [0.25, 0.3) is 0 Å². The summed E-state index contributed by atoms with van der Waals surface area (Å²) < 4.78 is 37.6. The molecule has 1 aromatic carbocycles. The highest BCUT2D eigenvalue weighted by Crippen LogP contribution is 2.33. The molecule has 0 fully saturated rings. The van der Waals surface area contributed by atoms with E-state index in [1.54, 1.807) is 12.3 Å². The third-order valence-electron chi connectivity index (χ3n) is 4.31. The molecule has 8 heteroatoms. The molecule has 0 unspecified atom stereocenters. The fourth-order valence-corrected chi connectivity index (χ4v) is 3.09. The number of hydrogen-bond donors (Lipinski definition) is 3. The van der Waals surface area contributed by atoms with E-state index in [1.807, 2.05) is 18.2 Å². The van der Waals surface area contributed by atoms with E-state index < -0.39 is 12.7 Å². The fourth-order valence-electron chi connectivity index (χ4n) is 3.09. The van der Waals surface area contributed by atoms with Crippen molar-refractivity contribution in [1.82, 2.24) is 15.0 Å². The fraction of sp³-hybridized carbons (Fsp3) is 0.222. The largest absolute Gasteiger partial charge is 0.405 e. The number of rotatable bonds is 4. The number of fused-ring (bicyclic) bond motifs is 2. The standard InChI is InChI=1S/C18H16F3N5/c1-10-2-3-11-8-12(4-5-13(10)11)24-17-25-15-14(6-7-22-15)16(26-17)23-9-18(19,20)21/h4-8H,1-3,9H2,(H3,22,23,24,25,26). The molecule has 0 aliphatic heterocycles. The number of halogens is 3. The normalized spacial score (nSPS) is 13.9. The summed E-state index contributed by atoms with van der Waals surface area (Å²) in [5.74, 6) is 0.354. The Bertz CT molecular complexity index is 990. The van der Waals surface area contributed by atoms with Crippen LogP contribution in [0, 0.1) is 0 Å². The average Bonchev–Trinajstić information content (AvgIpc) is 3.19. The minimum Gasteiger partial charge on any atom is -0.360 e. The number of anilines is 3. The van der Waals surface area contributed by atoms with Crippen molar-refractivity contribution in [1.29, 1.82) is 0 Å². The zero-order valence-electron chi connectivity index (χ0n) is 13.7. The number of aromatic amines is 1. The second-order valence-electron chi connectivity index (χ2n) is 6.20. The third-order valence-corrected chi connectivity index (χ3v) is 4.31. The lowest BCUT2D eigenvalue weighted by molar-refractivity contribution is -0.115. The van der Waals surface area contributed by atoms with Gasteiger partial charge in [-0.05, 0) is 47.7 Å².